The van der Waals surface area contributed by atoms with Crippen LogP contribution in [-0.4, -0.2) is 56.3 Å². The maximum atomic E-state index is 13.0. The van der Waals surface area contributed by atoms with Crippen molar-refractivity contribution in [2.75, 3.05) is 38.0 Å². The lowest BCUT2D eigenvalue weighted by Crippen LogP contribution is -2.36. The molecule has 0 atom stereocenters. The molecule has 0 spiro atoms. The summed E-state index contributed by atoms with van der Waals surface area (Å²) in [5, 5.41) is 3.07. The summed E-state index contributed by atoms with van der Waals surface area (Å²) in [6.07, 6.45) is 2.88. The highest BCUT2D eigenvalue weighted by Crippen LogP contribution is 2.26. The highest BCUT2D eigenvalue weighted by molar-refractivity contribution is 7.89. The van der Waals surface area contributed by atoms with E-state index >= 15 is 0 Å². The molecule has 0 saturated carbocycles. The van der Waals surface area contributed by atoms with Crippen molar-refractivity contribution in [1.29, 1.82) is 0 Å². The van der Waals surface area contributed by atoms with Crippen LogP contribution < -0.4 is 5.32 Å². The van der Waals surface area contributed by atoms with Crippen LogP contribution >= 0.6 is 0 Å². The zero-order valence-electron chi connectivity index (χ0n) is 16.6. The fourth-order valence-corrected chi connectivity index (χ4v) is 4.99. The molecule has 1 aliphatic heterocycles. The molecule has 6 nitrogen and oxygen atoms in total. The molecule has 0 unspecified atom stereocenters. The second kappa shape index (κ2) is 9.37. The molecule has 1 amide bonds. The van der Waals surface area contributed by atoms with Gasteiger partial charge in [-0.2, -0.15) is 4.31 Å². The van der Waals surface area contributed by atoms with Crippen LogP contribution in [0.15, 0.2) is 35.2 Å². The number of amides is 1. The summed E-state index contributed by atoms with van der Waals surface area (Å²) >= 11 is 0. The number of anilines is 1. The highest BCUT2D eigenvalue weighted by Gasteiger charge is 2.27. The summed E-state index contributed by atoms with van der Waals surface area (Å²) in [5.74, 6) is -0.0403. The normalized spacial score (nSPS) is 15.4. The van der Waals surface area contributed by atoms with E-state index in [0.29, 0.717) is 36.8 Å². The molecule has 0 aliphatic carbocycles. The van der Waals surface area contributed by atoms with E-state index in [1.807, 2.05) is 19.9 Å². The van der Waals surface area contributed by atoms with Crippen molar-refractivity contribution < 1.29 is 13.2 Å². The first kappa shape index (κ1) is 21.4. The van der Waals surface area contributed by atoms with Crippen LogP contribution in [0.4, 0.5) is 5.69 Å². The Kier molecular flexibility index (Phi) is 7.44. The fourth-order valence-electron chi connectivity index (χ4n) is 3.22. The SMILES string of the molecule is C=C(C)CN(CC)C(=O)CNc1ccc(C)c(S(=O)(=O)N2CCCCC2)c1. The van der Waals surface area contributed by atoms with Gasteiger partial charge in [0.2, 0.25) is 15.9 Å². The number of hydrogen-bond acceptors (Lipinski definition) is 4. The number of sulfonamides is 1. The van der Waals surface area contributed by atoms with Gasteiger partial charge in [-0.25, -0.2) is 8.42 Å². The first-order valence-electron chi connectivity index (χ1n) is 9.52. The van der Waals surface area contributed by atoms with E-state index in [9.17, 15) is 13.2 Å². The number of piperidine rings is 1. The third-order valence-corrected chi connectivity index (χ3v) is 6.80. The number of likely N-dealkylation sites (N-methyl/N-ethyl adjacent to an activating group) is 1. The number of nitrogens with zero attached hydrogens (tertiary/aromatic N) is 2. The van der Waals surface area contributed by atoms with Gasteiger partial charge < -0.3 is 10.2 Å². The molecule has 0 bridgehead atoms. The largest absolute Gasteiger partial charge is 0.376 e. The van der Waals surface area contributed by atoms with Crippen LogP contribution in [0.1, 0.15) is 38.7 Å². The lowest BCUT2D eigenvalue weighted by molar-refractivity contribution is -0.128. The smallest absolute Gasteiger partial charge is 0.243 e. The third-order valence-electron chi connectivity index (χ3n) is 4.76. The van der Waals surface area contributed by atoms with Crippen molar-refractivity contribution in [3.8, 4) is 0 Å². The molecule has 0 radical (unpaired) electrons. The Bertz CT molecular complexity index is 784. The highest BCUT2D eigenvalue weighted by atomic mass is 32.2. The Balaban J connectivity index is 2.12. The van der Waals surface area contributed by atoms with Crippen molar-refractivity contribution >= 4 is 21.6 Å². The number of carbonyl (C=O) groups is 1. The lowest BCUT2D eigenvalue weighted by Gasteiger charge is -2.27. The molecule has 0 aromatic heterocycles. The van der Waals surface area contributed by atoms with E-state index in [2.05, 4.69) is 11.9 Å². The second-order valence-electron chi connectivity index (χ2n) is 7.16. The van der Waals surface area contributed by atoms with Crippen LogP contribution in [0.2, 0.25) is 0 Å². The van der Waals surface area contributed by atoms with Gasteiger partial charge in [0.1, 0.15) is 0 Å². The van der Waals surface area contributed by atoms with E-state index in [-0.39, 0.29) is 12.5 Å². The van der Waals surface area contributed by atoms with Gasteiger partial charge in [-0.15, -0.1) is 0 Å². The molecule has 1 heterocycles. The molecule has 150 valence electrons. The van der Waals surface area contributed by atoms with Gasteiger partial charge in [0.15, 0.2) is 0 Å². The van der Waals surface area contributed by atoms with Gasteiger partial charge in [-0.3, -0.25) is 4.79 Å². The molecule has 1 saturated heterocycles. The Morgan fingerprint density at radius 2 is 1.93 bits per heavy atom. The minimum absolute atomic E-state index is 0.0403. The molecular weight excluding hydrogens is 362 g/mol. The first-order valence-corrected chi connectivity index (χ1v) is 11.0. The number of rotatable bonds is 8. The summed E-state index contributed by atoms with van der Waals surface area (Å²) < 4.78 is 27.5. The Morgan fingerprint density at radius 1 is 1.26 bits per heavy atom. The number of hydrogen-bond donors (Lipinski definition) is 1. The predicted octanol–water partition coefficient (Wildman–Crippen LogP) is 3.01. The molecular formula is C20H31N3O3S. The molecule has 1 aliphatic rings. The van der Waals surface area contributed by atoms with E-state index in [4.69, 9.17) is 0 Å². The maximum absolute atomic E-state index is 13.0. The summed E-state index contributed by atoms with van der Waals surface area (Å²) in [7, 11) is -3.50. The van der Waals surface area contributed by atoms with Crippen LogP contribution in [0.25, 0.3) is 0 Å². The van der Waals surface area contributed by atoms with Gasteiger partial charge in [-0.1, -0.05) is 24.6 Å². The van der Waals surface area contributed by atoms with Crippen molar-refractivity contribution in [2.45, 2.75) is 44.9 Å². The van der Waals surface area contributed by atoms with E-state index in [0.717, 1.165) is 30.4 Å². The van der Waals surface area contributed by atoms with Crippen molar-refractivity contribution in [1.82, 2.24) is 9.21 Å². The first-order chi connectivity index (χ1) is 12.8. The third kappa shape index (κ3) is 5.56. The summed E-state index contributed by atoms with van der Waals surface area (Å²) in [5.41, 5.74) is 2.28. The molecule has 1 aromatic carbocycles. The molecule has 1 N–H and O–H groups in total. The average Bonchev–Trinajstić information content (AvgIpc) is 2.65. The van der Waals surface area contributed by atoms with Crippen molar-refractivity contribution in [3.63, 3.8) is 0 Å². The van der Waals surface area contributed by atoms with Crippen LogP contribution in [-0.2, 0) is 14.8 Å². The molecule has 27 heavy (non-hydrogen) atoms. The topological polar surface area (TPSA) is 69.7 Å². The van der Waals surface area contributed by atoms with Gasteiger partial charge in [-0.05, 0) is 51.3 Å². The number of nitrogens with one attached hydrogen (secondary N) is 1. The lowest BCUT2D eigenvalue weighted by atomic mass is 10.2. The second-order valence-corrected chi connectivity index (χ2v) is 9.07. The van der Waals surface area contributed by atoms with Gasteiger partial charge >= 0.3 is 0 Å². The number of aryl methyl sites for hydroxylation is 1. The zero-order chi connectivity index (χ0) is 20.0. The van der Waals surface area contributed by atoms with Gasteiger partial charge in [0.25, 0.3) is 0 Å². The number of carbonyl (C=O) groups excluding carboxylic acids is 1. The number of benzene rings is 1. The Hall–Kier alpha value is -1.86. The minimum atomic E-state index is -3.50. The van der Waals surface area contributed by atoms with E-state index in [1.165, 1.54) is 0 Å². The maximum Gasteiger partial charge on any atom is 0.243 e. The van der Waals surface area contributed by atoms with Crippen LogP contribution in [0, 0.1) is 6.92 Å². The standard InChI is InChI=1S/C20H31N3O3S/c1-5-22(15-16(2)3)20(24)14-21-18-10-9-17(4)19(13-18)27(25,26)23-11-7-6-8-12-23/h9-10,13,21H,2,5-8,11-12,14-15H2,1,3-4H3. The fraction of sp³-hybridized carbons (Fsp3) is 0.550. The molecule has 1 fully saturated rings. The van der Waals surface area contributed by atoms with Gasteiger partial charge in [0, 0.05) is 31.9 Å². The Morgan fingerprint density at radius 3 is 2.52 bits per heavy atom. The van der Waals surface area contributed by atoms with Crippen molar-refractivity contribution in [2.24, 2.45) is 0 Å². The van der Waals surface area contributed by atoms with Crippen LogP contribution in [0.5, 0.6) is 0 Å². The van der Waals surface area contributed by atoms with E-state index < -0.39 is 10.0 Å². The van der Waals surface area contributed by atoms with Crippen molar-refractivity contribution in [3.05, 3.63) is 35.9 Å². The molecule has 2 rings (SSSR count). The quantitative estimate of drug-likeness (QED) is 0.689. The zero-order valence-corrected chi connectivity index (χ0v) is 17.4. The summed E-state index contributed by atoms with van der Waals surface area (Å²) in [4.78, 5) is 14.4. The molecule has 7 heteroatoms. The summed E-state index contributed by atoms with van der Waals surface area (Å²) in [6.45, 7) is 11.9. The predicted molar refractivity (Wildman–Crippen MR) is 109 cm³/mol. The molecule has 1 aromatic rings. The van der Waals surface area contributed by atoms with Gasteiger partial charge in [0.05, 0.1) is 11.4 Å². The Labute approximate surface area is 163 Å². The van der Waals surface area contributed by atoms with Crippen LogP contribution in [0.3, 0.4) is 0 Å². The average molecular weight is 394 g/mol. The van der Waals surface area contributed by atoms with E-state index in [1.54, 1.807) is 28.3 Å². The monoisotopic (exact) mass is 393 g/mol. The minimum Gasteiger partial charge on any atom is -0.376 e. The summed E-state index contributed by atoms with van der Waals surface area (Å²) in [6, 6.07) is 5.24.